The first kappa shape index (κ1) is 15.6. The van der Waals surface area contributed by atoms with Crippen molar-refractivity contribution in [1.82, 2.24) is 4.98 Å². The van der Waals surface area contributed by atoms with Crippen LogP contribution in [0.3, 0.4) is 0 Å². The van der Waals surface area contributed by atoms with Crippen molar-refractivity contribution in [3.8, 4) is 0 Å². The lowest BCUT2D eigenvalue weighted by Gasteiger charge is -2.22. The van der Waals surface area contributed by atoms with Gasteiger partial charge in [0.25, 0.3) is 0 Å². The number of nitrogens with zero attached hydrogens (tertiary/aromatic N) is 1. The molecule has 3 aromatic rings. The van der Waals surface area contributed by atoms with Gasteiger partial charge in [-0.15, -0.1) is 0 Å². The van der Waals surface area contributed by atoms with E-state index in [4.69, 9.17) is 11.6 Å². The van der Waals surface area contributed by atoms with E-state index in [1.165, 1.54) is 0 Å². The fourth-order valence-electron chi connectivity index (χ4n) is 3.10. The molecule has 2 N–H and O–H groups in total. The Hall–Kier alpha value is -2.92. The third-order valence-electron chi connectivity index (χ3n) is 4.59. The first-order valence-corrected chi connectivity index (χ1v) is 8.13. The van der Waals surface area contributed by atoms with Crippen molar-refractivity contribution in [1.29, 1.82) is 0 Å². The minimum absolute atomic E-state index is 0.379. The first-order valence-electron chi connectivity index (χ1n) is 7.76. The van der Waals surface area contributed by atoms with Crippen molar-refractivity contribution < 1.29 is 9.59 Å². The molecule has 2 aromatic carbocycles. The maximum Gasteiger partial charge on any atom is 0.244 e. The summed E-state index contributed by atoms with van der Waals surface area (Å²) in [6.07, 6.45) is 3.30. The number of hydrogen-bond donors (Lipinski definition) is 2. The van der Waals surface area contributed by atoms with Crippen LogP contribution in [0, 0.1) is 0 Å². The molecule has 6 heteroatoms. The lowest BCUT2D eigenvalue weighted by molar-refractivity contribution is -0.130. The molecule has 0 spiro atoms. The fraction of sp³-hybridized carbons (Fsp3) is 0.105. The Balaban J connectivity index is 1.76. The van der Waals surface area contributed by atoms with Gasteiger partial charge in [-0.2, -0.15) is 0 Å². The highest BCUT2D eigenvalue weighted by molar-refractivity contribution is 6.31. The standard InChI is InChI=1S/C19H14ClN3O2/c1-19(14-8-12(20)6-7-15(14)22-17(19)24)18(25)23-16-10-21-9-11-4-2-3-5-13(11)16/h2-10H,1H3,(H,22,24)(H,23,25)/t19-/m0/s1. The molecule has 1 aliphatic heterocycles. The SMILES string of the molecule is C[C@@]1(C(=O)Nc2cncc3ccccc23)C(=O)Nc2ccc(Cl)cc21. The molecule has 0 bridgehead atoms. The molecule has 0 unspecified atom stereocenters. The molecule has 2 amide bonds. The van der Waals surface area contributed by atoms with E-state index in [0.29, 0.717) is 22.0 Å². The molecule has 0 saturated heterocycles. The van der Waals surface area contributed by atoms with E-state index in [9.17, 15) is 9.59 Å². The number of benzene rings is 2. The van der Waals surface area contributed by atoms with Gasteiger partial charge in [-0.3, -0.25) is 14.6 Å². The summed E-state index contributed by atoms with van der Waals surface area (Å²) in [6.45, 7) is 1.60. The highest BCUT2D eigenvalue weighted by atomic mass is 35.5. The summed E-state index contributed by atoms with van der Waals surface area (Å²) in [7, 11) is 0. The van der Waals surface area contributed by atoms with Gasteiger partial charge in [0.1, 0.15) is 0 Å². The Morgan fingerprint density at radius 1 is 1.20 bits per heavy atom. The monoisotopic (exact) mass is 351 g/mol. The summed E-state index contributed by atoms with van der Waals surface area (Å²) < 4.78 is 0. The van der Waals surface area contributed by atoms with E-state index < -0.39 is 11.3 Å². The van der Waals surface area contributed by atoms with Gasteiger partial charge in [0, 0.05) is 33.2 Å². The molecule has 1 atom stereocenters. The third-order valence-corrected chi connectivity index (χ3v) is 4.83. The van der Waals surface area contributed by atoms with Crippen LogP contribution in [0.1, 0.15) is 12.5 Å². The minimum Gasteiger partial charge on any atom is -0.325 e. The van der Waals surface area contributed by atoms with Gasteiger partial charge >= 0.3 is 0 Å². The van der Waals surface area contributed by atoms with E-state index in [2.05, 4.69) is 15.6 Å². The van der Waals surface area contributed by atoms with Crippen LogP contribution in [0.2, 0.25) is 5.02 Å². The van der Waals surface area contributed by atoms with E-state index in [1.807, 2.05) is 24.3 Å². The van der Waals surface area contributed by atoms with Gasteiger partial charge in [-0.1, -0.05) is 35.9 Å². The van der Waals surface area contributed by atoms with Crippen molar-refractivity contribution in [2.24, 2.45) is 0 Å². The number of nitrogens with one attached hydrogen (secondary N) is 2. The Kier molecular flexibility index (Phi) is 3.47. The molecule has 4 rings (SSSR count). The molecule has 0 radical (unpaired) electrons. The van der Waals surface area contributed by atoms with Crippen molar-refractivity contribution in [2.75, 3.05) is 10.6 Å². The third kappa shape index (κ3) is 2.36. The first-order chi connectivity index (χ1) is 12.0. The molecule has 0 saturated carbocycles. The molecule has 124 valence electrons. The van der Waals surface area contributed by atoms with Gasteiger partial charge in [0.05, 0.1) is 11.9 Å². The summed E-state index contributed by atoms with van der Waals surface area (Å²) in [4.78, 5) is 29.7. The van der Waals surface area contributed by atoms with Crippen LogP contribution in [0.5, 0.6) is 0 Å². The van der Waals surface area contributed by atoms with Crippen molar-refractivity contribution >= 4 is 45.6 Å². The predicted molar refractivity (Wildman–Crippen MR) is 97.8 cm³/mol. The van der Waals surface area contributed by atoms with Gasteiger partial charge < -0.3 is 10.6 Å². The number of pyridine rings is 1. The largest absolute Gasteiger partial charge is 0.325 e. The van der Waals surface area contributed by atoms with Gasteiger partial charge in [-0.05, 0) is 25.1 Å². The zero-order chi connectivity index (χ0) is 17.6. The normalized spacial score (nSPS) is 18.7. The summed E-state index contributed by atoms with van der Waals surface area (Å²) >= 11 is 6.06. The maximum atomic E-state index is 13.0. The quantitative estimate of drug-likeness (QED) is 0.691. The maximum absolute atomic E-state index is 13.0. The number of carbonyl (C=O) groups excluding carboxylic acids is 2. The lowest BCUT2D eigenvalue weighted by atomic mass is 9.82. The fourth-order valence-corrected chi connectivity index (χ4v) is 3.27. The number of hydrogen-bond acceptors (Lipinski definition) is 3. The molecular formula is C19H14ClN3O2. The predicted octanol–water partition coefficient (Wildman–Crippen LogP) is 3.74. The highest BCUT2D eigenvalue weighted by Crippen LogP contribution is 2.40. The summed E-state index contributed by atoms with van der Waals surface area (Å²) in [5.41, 5.74) is 0.364. The Labute approximate surface area is 149 Å². The van der Waals surface area contributed by atoms with Gasteiger partial charge in [0.2, 0.25) is 11.8 Å². The molecule has 1 aromatic heterocycles. The van der Waals surface area contributed by atoms with Crippen LogP contribution < -0.4 is 10.6 Å². The molecule has 2 heterocycles. The Morgan fingerprint density at radius 2 is 2.00 bits per heavy atom. The smallest absolute Gasteiger partial charge is 0.244 e. The molecule has 0 fully saturated rings. The second-order valence-corrected chi connectivity index (χ2v) is 6.57. The van der Waals surface area contributed by atoms with Crippen LogP contribution in [0.15, 0.2) is 54.9 Å². The van der Waals surface area contributed by atoms with Crippen molar-refractivity contribution in [3.63, 3.8) is 0 Å². The number of anilines is 2. The second kappa shape index (κ2) is 5.57. The second-order valence-electron chi connectivity index (χ2n) is 6.13. The zero-order valence-electron chi connectivity index (χ0n) is 13.3. The number of fused-ring (bicyclic) bond motifs is 2. The average Bonchev–Trinajstić information content (AvgIpc) is 2.87. The molecular weight excluding hydrogens is 338 g/mol. The topological polar surface area (TPSA) is 71.1 Å². The van der Waals surface area contributed by atoms with Crippen molar-refractivity contribution in [3.05, 3.63) is 65.4 Å². The minimum atomic E-state index is -1.36. The Morgan fingerprint density at radius 3 is 2.84 bits per heavy atom. The van der Waals surface area contributed by atoms with Gasteiger partial charge in [-0.25, -0.2) is 0 Å². The zero-order valence-corrected chi connectivity index (χ0v) is 14.1. The van der Waals surface area contributed by atoms with E-state index >= 15 is 0 Å². The lowest BCUT2D eigenvalue weighted by Crippen LogP contribution is -2.43. The van der Waals surface area contributed by atoms with Gasteiger partial charge in [0.15, 0.2) is 5.41 Å². The van der Waals surface area contributed by atoms with Crippen molar-refractivity contribution in [2.45, 2.75) is 12.3 Å². The summed E-state index contributed by atoms with van der Waals surface area (Å²) in [6, 6.07) is 12.6. The summed E-state index contributed by atoms with van der Waals surface area (Å²) in [5.74, 6) is -0.806. The number of amides is 2. The Bertz CT molecular complexity index is 1030. The number of rotatable bonds is 2. The van der Waals surface area contributed by atoms with Crippen LogP contribution in [-0.4, -0.2) is 16.8 Å². The van der Waals surface area contributed by atoms with Crippen LogP contribution >= 0.6 is 11.6 Å². The molecule has 5 nitrogen and oxygen atoms in total. The number of halogens is 1. The van der Waals surface area contributed by atoms with E-state index in [0.717, 1.165) is 10.8 Å². The number of aromatic nitrogens is 1. The van der Waals surface area contributed by atoms with Crippen LogP contribution in [0.25, 0.3) is 10.8 Å². The van der Waals surface area contributed by atoms with E-state index in [1.54, 1.807) is 37.5 Å². The molecule has 0 aliphatic carbocycles. The average molecular weight is 352 g/mol. The highest BCUT2D eigenvalue weighted by Gasteiger charge is 2.49. The van der Waals surface area contributed by atoms with Crippen LogP contribution in [-0.2, 0) is 15.0 Å². The summed E-state index contributed by atoms with van der Waals surface area (Å²) in [5, 5.41) is 7.84. The molecule has 1 aliphatic rings. The molecule has 25 heavy (non-hydrogen) atoms. The number of carbonyl (C=O) groups is 2. The van der Waals surface area contributed by atoms with Crippen LogP contribution in [0.4, 0.5) is 11.4 Å². The van der Waals surface area contributed by atoms with E-state index in [-0.39, 0.29) is 5.91 Å².